The Labute approximate surface area is 291 Å². The minimum atomic E-state index is -1.05. The Bertz CT molecular complexity index is 2000. The molecule has 1 fully saturated rings. The summed E-state index contributed by atoms with van der Waals surface area (Å²) in [5.41, 5.74) is 3.63. The Morgan fingerprint density at radius 3 is 2.55 bits per heavy atom. The average molecular weight is 707 g/mol. The number of fused-ring (bicyclic) bond motifs is 2. The highest BCUT2D eigenvalue weighted by Crippen LogP contribution is 2.41. The highest BCUT2D eigenvalue weighted by molar-refractivity contribution is 7.13. The third-order valence-electron chi connectivity index (χ3n) is 8.62. The van der Waals surface area contributed by atoms with Crippen LogP contribution in [-0.4, -0.2) is 86.3 Å². The first-order valence-corrected chi connectivity index (χ1v) is 17.2. The van der Waals surface area contributed by atoms with Gasteiger partial charge in [0.1, 0.15) is 17.3 Å². The fourth-order valence-corrected chi connectivity index (χ4v) is 7.14. The lowest BCUT2D eigenvalue weighted by Gasteiger charge is -2.36. The molecule has 2 aliphatic rings. The van der Waals surface area contributed by atoms with E-state index in [1.165, 1.54) is 16.0 Å². The third kappa shape index (κ3) is 6.54. The predicted molar refractivity (Wildman–Crippen MR) is 186 cm³/mol. The first-order chi connectivity index (χ1) is 23.5. The van der Waals surface area contributed by atoms with Gasteiger partial charge in [0.25, 0.3) is 5.91 Å². The summed E-state index contributed by atoms with van der Waals surface area (Å²) in [7, 11) is 1.57. The second kappa shape index (κ2) is 13.0. The number of carbonyl (C=O) groups excluding carboxylic acids is 2. The second-order valence-electron chi connectivity index (χ2n) is 13.1. The van der Waals surface area contributed by atoms with E-state index in [1.54, 1.807) is 40.7 Å². The molecule has 2 aliphatic heterocycles. The van der Waals surface area contributed by atoms with E-state index >= 15 is 0 Å². The number of carbonyl (C=O) groups is 2. The molecule has 0 radical (unpaired) electrons. The van der Waals surface area contributed by atoms with E-state index in [2.05, 4.69) is 20.2 Å². The Morgan fingerprint density at radius 2 is 1.88 bits per heavy atom. The number of methoxy groups -OCH3 is 1. The number of amides is 2. The highest BCUT2D eigenvalue weighted by Gasteiger charge is 2.35. The number of anilines is 2. The van der Waals surface area contributed by atoms with Crippen molar-refractivity contribution in [2.45, 2.75) is 51.6 Å². The number of alkyl halides is 1. The van der Waals surface area contributed by atoms with Crippen molar-refractivity contribution in [3.63, 3.8) is 0 Å². The third-order valence-corrected chi connectivity index (χ3v) is 9.62. The van der Waals surface area contributed by atoms with Crippen LogP contribution in [0.4, 0.5) is 20.0 Å². The summed E-state index contributed by atoms with van der Waals surface area (Å²) in [6, 6.07) is 8.88. The number of nitrogens with zero attached hydrogens (tertiary/aromatic N) is 7. The van der Waals surface area contributed by atoms with Crippen molar-refractivity contribution in [3.8, 4) is 16.9 Å². The van der Waals surface area contributed by atoms with Gasteiger partial charge in [0.05, 0.1) is 30.7 Å². The molecular formula is C34H36ClFN8O4S. The van der Waals surface area contributed by atoms with Crippen LogP contribution in [0.15, 0.2) is 54.4 Å². The zero-order chi connectivity index (χ0) is 34.4. The van der Waals surface area contributed by atoms with Gasteiger partial charge in [-0.1, -0.05) is 23.7 Å². The number of nitrogens with one attached hydrogen (secondary N) is 1. The van der Waals surface area contributed by atoms with Crippen LogP contribution in [0.3, 0.4) is 0 Å². The molecule has 12 nitrogen and oxygen atoms in total. The molecule has 2 atom stereocenters. The normalized spacial score (nSPS) is 16.9. The fraction of sp³-hybridized carbons (Fsp3) is 0.382. The number of rotatable bonds is 7. The van der Waals surface area contributed by atoms with Gasteiger partial charge in [-0.2, -0.15) is 5.10 Å². The summed E-state index contributed by atoms with van der Waals surface area (Å²) < 4.78 is 29.1. The quantitative estimate of drug-likeness (QED) is 0.213. The van der Waals surface area contributed by atoms with Crippen LogP contribution in [-0.2, 0) is 22.5 Å². The van der Waals surface area contributed by atoms with E-state index in [1.807, 2.05) is 51.1 Å². The maximum Gasteiger partial charge on any atom is 0.410 e. The van der Waals surface area contributed by atoms with Crippen molar-refractivity contribution in [3.05, 3.63) is 70.8 Å². The number of hydrogen-bond acceptors (Lipinski definition) is 9. The van der Waals surface area contributed by atoms with E-state index in [4.69, 9.17) is 26.2 Å². The van der Waals surface area contributed by atoms with Crippen LogP contribution in [0.5, 0.6) is 5.75 Å². The molecule has 0 saturated carbocycles. The monoisotopic (exact) mass is 706 g/mol. The molecule has 2 amide bonds. The lowest BCUT2D eigenvalue weighted by Crippen LogP contribution is -2.50. The first-order valence-electron chi connectivity index (χ1n) is 16.0. The zero-order valence-corrected chi connectivity index (χ0v) is 29.1. The summed E-state index contributed by atoms with van der Waals surface area (Å²) in [6.45, 7) is 8.28. The number of aromatic nitrogens is 5. The Balaban J connectivity index is 1.18. The van der Waals surface area contributed by atoms with Gasteiger partial charge in [0, 0.05) is 72.7 Å². The number of piperazine rings is 1. The SMILES string of the molecule is COc1c(-c2ccc(N3CCN(C(=O)OC(C)(C)C)CC3)cc2)cc(Cl)c2cn(C(C(=O)Nc3nccs3)c3ncn4c3C[C@@H](F)C4)nc12. The molecule has 0 spiro atoms. The summed E-state index contributed by atoms with van der Waals surface area (Å²) in [5, 5.41) is 10.9. The molecule has 0 bridgehead atoms. The average Bonchev–Trinajstić information content (AvgIpc) is 3.87. The van der Waals surface area contributed by atoms with E-state index in [9.17, 15) is 14.0 Å². The smallest absolute Gasteiger partial charge is 0.410 e. The van der Waals surface area contributed by atoms with Crippen molar-refractivity contribution < 1.29 is 23.5 Å². The van der Waals surface area contributed by atoms with Gasteiger partial charge in [0.15, 0.2) is 16.9 Å². The van der Waals surface area contributed by atoms with E-state index in [0.29, 0.717) is 64.4 Å². The molecule has 5 aromatic rings. The summed E-state index contributed by atoms with van der Waals surface area (Å²) in [6.07, 6.45) is 3.67. The van der Waals surface area contributed by atoms with E-state index in [0.717, 1.165) is 16.8 Å². The standard InChI is InChI=1S/C34H36ClFN8O4S/c1-34(2,3)48-33(46)42-12-10-41(11-13-42)22-7-5-20(6-8-22)23-16-25(35)24-18-44(40-27(24)30(23)47-4)29(31(45)39-32-37-9-14-49-32)28-26-15-21(36)17-43(26)19-38-28/h5-9,14,16,18-19,21,29H,10-13,15,17H2,1-4H3,(H,37,39,45)/t21-,29?/m1/s1. The molecule has 0 aliphatic carbocycles. The van der Waals surface area contributed by atoms with Gasteiger partial charge in [-0.3, -0.25) is 14.8 Å². The molecule has 5 heterocycles. The molecule has 7 rings (SSSR count). The molecule has 2 aromatic carbocycles. The number of benzene rings is 2. The summed E-state index contributed by atoms with van der Waals surface area (Å²) in [5.74, 6) is 0.0826. The Morgan fingerprint density at radius 1 is 1.12 bits per heavy atom. The van der Waals surface area contributed by atoms with Gasteiger partial charge in [-0.15, -0.1) is 11.3 Å². The highest BCUT2D eigenvalue weighted by atomic mass is 35.5. The van der Waals surface area contributed by atoms with Gasteiger partial charge in [0.2, 0.25) is 0 Å². The van der Waals surface area contributed by atoms with Crippen LogP contribution >= 0.6 is 22.9 Å². The fourth-order valence-electron chi connectivity index (χ4n) is 6.36. The maximum atomic E-state index is 14.4. The zero-order valence-electron chi connectivity index (χ0n) is 27.5. The van der Waals surface area contributed by atoms with Crippen molar-refractivity contribution >= 4 is 56.7 Å². The second-order valence-corrected chi connectivity index (χ2v) is 14.4. The van der Waals surface area contributed by atoms with Crippen LogP contribution in [0.1, 0.15) is 38.2 Å². The first kappa shape index (κ1) is 32.8. The Hall–Kier alpha value is -4.69. The molecule has 1 N–H and O–H groups in total. The van der Waals surface area contributed by atoms with Gasteiger partial charge in [-0.05, 0) is 44.5 Å². The van der Waals surface area contributed by atoms with Gasteiger partial charge >= 0.3 is 6.09 Å². The molecule has 256 valence electrons. The summed E-state index contributed by atoms with van der Waals surface area (Å²) >= 11 is 8.18. The van der Waals surface area contributed by atoms with Crippen LogP contribution < -0.4 is 15.0 Å². The van der Waals surface area contributed by atoms with Crippen molar-refractivity contribution in [1.29, 1.82) is 0 Å². The van der Waals surface area contributed by atoms with Crippen molar-refractivity contribution in [2.75, 3.05) is 43.5 Å². The lowest BCUT2D eigenvalue weighted by atomic mass is 10.0. The van der Waals surface area contributed by atoms with Gasteiger partial charge in [-0.25, -0.2) is 19.2 Å². The predicted octanol–water partition coefficient (Wildman–Crippen LogP) is 6.20. The Kier molecular flexibility index (Phi) is 8.69. The number of halogens is 2. The molecule has 1 saturated heterocycles. The molecule has 15 heteroatoms. The van der Waals surface area contributed by atoms with Crippen LogP contribution in [0.25, 0.3) is 22.0 Å². The van der Waals surface area contributed by atoms with Crippen LogP contribution in [0, 0.1) is 0 Å². The van der Waals surface area contributed by atoms with Crippen molar-refractivity contribution in [1.82, 2.24) is 29.2 Å². The number of imidazole rings is 1. The number of thiazole rings is 1. The lowest BCUT2D eigenvalue weighted by molar-refractivity contribution is -0.118. The minimum absolute atomic E-state index is 0.154. The topological polar surface area (TPSA) is 120 Å². The molecule has 3 aromatic heterocycles. The number of ether oxygens (including phenoxy) is 2. The largest absolute Gasteiger partial charge is 0.494 e. The van der Waals surface area contributed by atoms with Crippen molar-refractivity contribution in [2.24, 2.45) is 0 Å². The minimum Gasteiger partial charge on any atom is -0.494 e. The van der Waals surface area contributed by atoms with Crippen LogP contribution in [0.2, 0.25) is 5.02 Å². The number of hydrogen-bond donors (Lipinski definition) is 1. The van der Waals surface area contributed by atoms with E-state index in [-0.39, 0.29) is 19.1 Å². The van der Waals surface area contributed by atoms with Gasteiger partial charge < -0.3 is 23.8 Å². The molecule has 49 heavy (non-hydrogen) atoms. The summed E-state index contributed by atoms with van der Waals surface area (Å²) in [4.78, 5) is 39.0. The molecular weight excluding hydrogens is 671 g/mol. The molecule has 1 unspecified atom stereocenters. The maximum absolute atomic E-state index is 14.4. The van der Waals surface area contributed by atoms with E-state index < -0.39 is 23.7 Å².